The third-order valence-electron chi connectivity index (χ3n) is 2.62. The minimum atomic E-state index is -0.566. The van der Waals surface area contributed by atoms with Crippen LogP contribution in [0.4, 0.5) is 11.5 Å². The Hall–Kier alpha value is -2.08. The predicted molar refractivity (Wildman–Crippen MR) is 78.6 cm³/mol. The Balaban J connectivity index is 2.14. The highest BCUT2D eigenvalue weighted by atomic mass is 79.9. The lowest BCUT2D eigenvalue weighted by Crippen LogP contribution is -2.14. The molecule has 0 aliphatic rings. The highest BCUT2D eigenvalue weighted by Gasteiger charge is 2.08. The van der Waals surface area contributed by atoms with Crippen molar-refractivity contribution in [2.45, 2.75) is 6.54 Å². The van der Waals surface area contributed by atoms with Gasteiger partial charge in [-0.1, -0.05) is 34.1 Å². The maximum Gasteiger partial charge on any atom is 0.250 e. The Morgan fingerprint density at radius 1 is 1.37 bits per heavy atom. The molecule has 98 valence electrons. The molecule has 0 bridgehead atoms. The Morgan fingerprint density at radius 3 is 2.79 bits per heavy atom. The fourth-order valence-electron chi connectivity index (χ4n) is 1.60. The summed E-state index contributed by atoms with van der Waals surface area (Å²) >= 11 is 3.46. The van der Waals surface area contributed by atoms with E-state index in [1.165, 1.54) is 6.20 Å². The number of amides is 1. The van der Waals surface area contributed by atoms with Gasteiger partial charge >= 0.3 is 0 Å². The number of anilines is 2. The molecule has 0 fully saturated rings. The van der Waals surface area contributed by atoms with Crippen molar-refractivity contribution in [3.05, 3.63) is 52.1 Å². The van der Waals surface area contributed by atoms with Gasteiger partial charge in [-0.2, -0.15) is 0 Å². The van der Waals surface area contributed by atoms with E-state index in [1.54, 1.807) is 6.07 Å². The second-order valence-electron chi connectivity index (χ2n) is 3.97. The SMILES string of the molecule is NC(=O)c1cc(NCc2ccccc2Br)ncc1N. The molecule has 0 spiro atoms. The number of carbonyl (C=O) groups excluding carboxylic acids is 1. The number of hydrogen-bond donors (Lipinski definition) is 3. The lowest BCUT2D eigenvalue weighted by molar-refractivity contribution is 0.100. The van der Waals surface area contributed by atoms with E-state index in [2.05, 4.69) is 26.2 Å². The van der Waals surface area contributed by atoms with Crippen LogP contribution in [0.2, 0.25) is 0 Å². The van der Waals surface area contributed by atoms with Gasteiger partial charge in [-0.25, -0.2) is 4.98 Å². The van der Waals surface area contributed by atoms with Crippen molar-refractivity contribution in [2.75, 3.05) is 11.1 Å². The molecule has 1 aromatic heterocycles. The smallest absolute Gasteiger partial charge is 0.250 e. The summed E-state index contributed by atoms with van der Waals surface area (Å²) in [6, 6.07) is 9.40. The van der Waals surface area contributed by atoms with Gasteiger partial charge in [0.2, 0.25) is 0 Å². The highest BCUT2D eigenvalue weighted by Crippen LogP contribution is 2.18. The summed E-state index contributed by atoms with van der Waals surface area (Å²) in [6.07, 6.45) is 1.42. The molecule has 2 rings (SSSR count). The second kappa shape index (κ2) is 5.71. The van der Waals surface area contributed by atoms with Gasteiger partial charge in [0.15, 0.2) is 0 Å². The fourth-order valence-corrected chi connectivity index (χ4v) is 2.03. The van der Waals surface area contributed by atoms with Gasteiger partial charge in [0.25, 0.3) is 5.91 Å². The molecule has 0 atom stereocenters. The predicted octanol–water partition coefficient (Wildman–Crippen LogP) is 2.14. The first-order chi connectivity index (χ1) is 9.08. The van der Waals surface area contributed by atoms with Crippen LogP contribution in [-0.2, 0) is 6.54 Å². The van der Waals surface area contributed by atoms with Crippen LogP contribution < -0.4 is 16.8 Å². The number of pyridine rings is 1. The van der Waals surface area contributed by atoms with E-state index in [4.69, 9.17) is 11.5 Å². The number of benzene rings is 1. The summed E-state index contributed by atoms with van der Waals surface area (Å²) in [5.74, 6) is -0.0115. The normalized spacial score (nSPS) is 10.2. The zero-order valence-electron chi connectivity index (χ0n) is 10.1. The van der Waals surface area contributed by atoms with Crippen LogP contribution in [0, 0.1) is 0 Å². The topological polar surface area (TPSA) is 94.0 Å². The summed E-state index contributed by atoms with van der Waals surface area (Å²) in [4.78, 5) is 15.3. The van der Waals surface area contributed by atoms with Gasteiger partial charge in [-0.05, 0) is 17.7 Å². The first-order valence-corrected chi connectivity index (χ1v) is 6.40. The molecule has 1 aromatic carbocycles. The lowest BCUT2D eigenvalue weighted by atomic mass is 10.2. The number of hydrogen-bond acceptors (Lipinski definition) is 4. The third kappa shape index (κ3) is 3.23. The van der Waals surface area contributed by atoms with E-state index < -0.39 is 5.91 Å². The molecular formula is C13H13BrN4O. The van der Waals surface area contributed by atoms with Crippen molar-refractivity contribution in [3.8, 4) is 0 Å². The van der Waals surface area contributed by atoms with Crippen LogP contribution in [0.5, 0.6) is 0 Å². The average molecular weight is 321 g/mol. The fraction of sp³-hybridized carbons (Fsp3) is 0.0769. The molecule has 0 unspecified atom stereocenters. The van der Waals surface area contributed by atoms with Crippen LogP contribution in [-0.4, -0.2) is 10.9 Å². The molecule has 1 heterocycles. The number of rotatable bonds is 4. The first kappa shape index (κ1) is 13.4. The second-order valence-corrected chi connectivity index (χ2v) is 4.82. The van der Waals surface area contributed by atoms with E-state index in [0.717, 1.165) is 10.0 Å². The largest absolute Gasteiger partial charge is 0.397 e. The molecule has 0 saturated heterocycles. The van der Waals surface area contributed by atoms with Crippen molar-refractivity contribution in [1.82, 2.24) is 4.98 Å². The zero-order valence-corrected chi connectivity index (χ0v) is 11.6. The van der Waals surface area contributed by atoms with Crippen molar-refractivity contribution < 1.29 is 4.79 Å². The van der Waals surface area contributed by atoms with Gasteiger partial charge in [0, 0.05) is 11.0 Å². The van der Waals surface area contributed by atoms with Gasteiger partial charge in [0.1, 0.15) is 5.82 Å². The number of nitrogens with zero attached hydrogens (tertiary/aromatic N) is 1. The Bertz CT molecular complexity index is 615. The van der Waals surface area contributed by atoms with Gasteiger partial charge in [-0.3, -0.25) is 4.79 Å². The zero-order chi connectivity index (χ0) is 13.8. The van der Waals surface area contributed by atoms with E-state index >= 15 is 0 Å². The van der Waals surface area contributed by atoms with Crippen molar-refractivity contribution in [1.29, 1.82) is 0 Å². The summed E-state index contributed by atoms with van der Waals surface area (Å²) in [7, 11) is 0. The number of nitrogens with two attached hydrogens (primary N) is 2. The van der Waals surface area contributed by atoms with Gasteiger partial charge < -0.3 is 16.8 Å². The van der Waals surface area contributed by atoms with E-state index in [9.17, 15) is 4.79 Å². The van der Waals surface area contributed by atoms with Crippen LogP contribution in [0.3, 0.4) is 0 Å². The Labute approximate surface area is 119 Å². The number of primary amides is 1. The van der Waals surface area contributed by atoms with Crippen LogP contribution in [0.25, 0.3) is 0 Å². The van der Waals surface area contributed by atoms with E-state index in [0.29, 0.717) is 12.4 Å². The summed E-state index contributed by atoms with van der Waals surface area (Å²) in [5.41, 5.74) is 12.5. The average Bonchev–Trinajstić information content (AvgIpc) is 2.39. The number of halogens is 1. The van der Waals surface area contributed by atoms with Crippen molar-refractivity contribution >= 4 is 33.3 Å². The van der Waals surface area contributed by atoms with Gasteiger partial charge in [0.05, 0.1) is 17.4 Å². The van der Waals surface area contributed by atoms with Crippen molar-refractivity contribution in [3.63, 3.8) is 0 Å². The third-order valence-corrected chi connectivity index (χ3v) is 3.39. The summed E-state index contributed by atoms with van der Waals surface area (Å²) < 4.78 is 1.01. The molecule has 2 aromatic rings. The number of nitrogen functional groups attached to an aromatic ring is 1. The summed E-state index contributed by atoms with van der Waals surface area (Å²) in [5, 5.41) is 3.12. The first-order valence-electron chi connectivity index (χ1n) is 5.60. The molecule has 0 aliphatic carbocycles. The minimum Gasteiger partial charge on any atom is -0.397 e. The molecule has 0 radical (unpaired) electrons. The quantitative estimate of drug-likeness (QED) is 0.804. The Morgan fingerprint density at radius 2 is 2.11 bits per heavy atom. The number of carbonyl (C=O) groups is 1. The minimum absolute atomic E-state index is 0.268. The number of nitrogens with one attached hydrogen (secondary N) is 1. The molecule has 5 N–H and O–H groups in total. The van der Waals surface area contributed by atoms with Gasteiger partial charge in [-0.15, -0.1) is 0 Å². The summed E-state index contributed by atoms with van der Waals surface area (Å²) in [6.45, 7) is 0.580. The van der Waals surface area contributed by atoms with E-state index in [-0.39, 0.29) is 11.3 Å². The molecule has 1 amide bonds. The lowest BCUT2D eigenvalue weighted by Gasteiger charge is -2.09. The monoisotopic (exact) mass is 320 g/mol. The molecule has 6 heteroatoms. The number of aromatic nitrogens is 1. The maximum atomic E-state index is 11.2. The molecule has 0 saturated carbocycles. The molecule has 19 heavy (non-hydrogen) atoms. The van der Waals surface area contributed by atoms with Crippen LogP contribution >= 0.6 is 15.9 Å². The van der Waals surface area contributed by atoms with Crippen LogP contribution in [0.1, 0.15) is 15.9 Å². The molecule has 0 aliphatic heterocycles. The van der Waals surface area contributed by atoms with Crippen LogP contribution in [0.15, 0.2) is 41.0 Å². The van der Waals surface area contributed by atoms with E-state index in [1.807, 2.05) is 24.3 Å². The molecular weight excluding hydrogens is 308 g/mol. The Kier molecular flexibility index (Phi) is 4.01. The molecule has 5 nitrogen and oxygen atoms in total. The maximum absolute atomic E-state index is 11.2. The highest BCUT2D eigenvalue weighted by molar-refractivity contribution is 9.10. The van der Waals surface area contributed by atoms with Crippen molar-refractivity contribution in [2.24, 2.45) is 5.73 Å². The standard InChI is InChI=1S/C13H13BrN4O/c14-10-4-2-1-3-8(10)6-17-12-5-9(13(16)19)11(15)7-18-12/h1-5,7H,6,15H2,(H2,16,19)(H,17,18).